The molecule has 0 spiro atoms. The summed E-state index contributed by atoms with van der Waals surface area (Å²) in [4.78, 5) is 0. The van der Waals surface area contributed by atoms with Crippen LogP contribution >= 0.6 is 0 Å². The molecule has 1 heterocycles. The Morgan fingerprint density at radius 2 is 1.50 bits per heavy atom. The smallest absolute Gasteiger partial charge is 0.204 e. The number of aromatic hydroxyl groups is 1. The van der Waals surface area contributed by atoms with Crippen LogP contribution in [0, 0.1) is 0 Å². The van der Waals surface area contributed by atoms with Crippen molar-refractivity contribution in [1.29, 1.82) is 0 Å². The van der Waals surface area contributed by atoms with E-state index in [4.69, 9.17) is 18.9 Å². The Labute approximate surface area is 139 Å². The topological polar surface area (TPSA) is 62.1 Å². The van der Waals surface area contributed by atoms with E-state index in [1.54, 1.807) is 33.5 Å². The molecule has 0 fully saturated rings. The van der Waals surface area contributed by atoms with Crippen molar-refractivity contribution in [2.75, 3.05) is 28.4 Å². The first-order chi connectivity index (χ1) is 11.6. The molecule has 0 amide bonds. The lowest BCUT2D eigenvalue weighted by molar-refractivity contribution is 0.327. The lowest BCUT2D eigenvalue weighted by Crippen LogP contribution is -1.97. The van der Waals surface area contributed by atoms with Crippen molar-refractivity contribution in [3.05, 3.63) is 36.5 Å². The number of ether oxygens (including phenoxy) is 4. The number of rotatable bonds is 5. The molecule has 0 saturated heterocycles. The highest BCUT2D eigenvalue weighted by atomic mass is 16.5. The predicted octanol–water partition coefficient (Wildman–Crippen LogP) is 3.37. The van der Waals surface area contributed by atoms with E-state index in [0.29, 0.717) is 23.0 Å². The van der Waals surface area contributed by atoms with Crippen LogP contribution in [0.4, 0.5) is 0 Å². The normalized spacial score (nSPS) is 10.7. The molecule has 1 aromatic heterocycles. The van der Waals surface area contributed by atoms with E-state index in [9.17, 15) is 5.11 Å². The van der Waals surface area contributed by atoms with Gasteiger partial charge < -0.3 is 28.6 Å². The zero-order valence-corrected chi connectivity index (χ0v) is 14.0. The van der Waals surface area contributed by atoms with Crippen molar-refractivity contribution >= 4 is 10.9 Å². The Hall–Kier alpha value is -3.02. The monoisotopic (exact) mass is 329 g/mol. The highest BCUT2D eigenvalue weighted by molar-refractivity contribution is 5.92. The number of methoxy groups -OCH3 is 4. The quantitative estimate of drug-likeness (QED) is 0.777. The molecule has 0 radical (unpaired) electrons. The van der Waals surface area contributed by atoms with Gasteiger partial charge in [0.1, 0.15) is 0 Å². The Morgan fingerprint density at radius 1 is 0.792 bits per heavy atom. The minimum atomic E-state index is 0.0734. The summed E-state index contributed by atoms with van der Waals surface area (Å²) >= 11 is 0. The fraction of sp³-hybridized carbons (Fsp3) is 0.222. The van der Waals surface area contributed by atoms with Crippen LogP contribution in [0.5, 0.6) is 28.7 Å². The van der Waals surface area contributed by atoms with Gasteiger partial charge in [-0.2, -0.15) is 0 Å². The maximum Gasteiger partial charge on any atom is 0.204 e. The van der Waals surface area contributed by atoms with Crippen molar-refractivity contribution < 1.29 is 24.1 Å². The molecule has 3 aromatic rings. The summed E-state index contributed by atoms with van der Waals surface area (Å²) in [6.07, 6.45) is 1.90. The molecular weight excluding hydrogens is 310 g/mol. The van der Waals surface area contributed by atoms with Gasteiger partial charge in [-0.05, 0) is 18.2 Å². The van der Waals surface area contributed by atoms with Gasteiger partial charge in [-0.3, -0.25) is 0 Å². The van der Waals surface area contributed by atoms with Gasteiger partial charge in [-0.15, -0.1) is 0 Å². The number of fused-ring (bicyclic) bond motifs is 1. The van der Waals surface area contributed by atoms with E-state index in [2.05, 4.69) is 0 Å². The highest BCUT2D eigenvalue weighted by Gasteiger charge is 2.19. The molecule has 1 N–H and O–H groups in total. The van der Waals surface area contributed by atoms with E-state index in [1.807, 2.05) is 29.0 Å². The third-order valence-corrected chi connectivity index (χ3v) is 3.94. The summed E-state index contributed by atoms with van der Waals surface area (Å²) < 4.78 is 23.4. The molecule has 126 valence electrons. The molecule has 0 unspecified atom stereocenters. The lowest BCUT2D eigenvalue weighted by Gasteiger charge is -2.14. The average Bonchev–Trinajstić information content (AvgIpc) is 3.03. The van der Waals surface area contributed by atoms with Crippen LogP contribution in [0.25, 0.3) is 16.6 Å². The lowest BCUT2D eigenvalue weighted by atomic mass is 10.2. The minimum Gasteiger partial charge on any atom is -0.504 e. The number of phenolic OH excluding ortho intramolecular Hbond substituents is 1. The molecule has 24 heavy (non-hydrogen) atoms. The largest absolute Gasteiger partial charge is 0.504 e. The highest BCUT2D eigenvalue weighted by Crippen LogP contribution is 2.44. The van der Waals surface area contributed by atoms with Crippen molar-refractivity contribution in [2.24, 2.45) is 0 Å². The van der Waals surface area contributed by atoms with Crippen LogP contribution in [0.3, 0.4) is 0 Å². The number of phenols is 1. The molecular formula is C18H19NO5. The second-order valence-corrected chi connectivity index (χ2v) is 5.12. The van der Waals surface area contributed by atoms with E-state index in [-0.39, 0.29) is 5.75 Å². The molecule has 2 aromatic carbocycles. The van der Waals surface area contributed by atoms with Gasteiger partial charge in [-0.1, -0.05) is 0 Å². The Balaban J connectivity index is 2.25. The zero-order chi connectivity index (χ0) is 17.3. The average molecular weight is 329 g/mol. The second kappa shape index (κ2) is 6.23. The molecule has 0 aliphatic rings. The zero-order valence-electron chi connectivity index (χ0n) is 14.0. The van der Waals surface area contributed by atoms with Crippen molar-refractivity contribution in [2.45, 2.75) is 0 Å². The van der Waals surface area contributed by atoms with E-state index < -0.39 is 0 Å². The van der Waals surface area contributed by atoms with Crippen LogP contribution in [0.2, 0.25) is 0 Å². The number of aromatic nitrogens is 1. The Kier molecular flexibility index (Phi) is 4.12. The number of benzene rings is 2. The molecule has 6 nitrogen and oxygen atoms in total. The molecule has 0 aliphatic heterocycles. The number of nitrogens with zero attached hydrogens (tertiary/aromatic N) is 1. The van der Waals surface area contributed by atoms with Gasteiger partial charge >= 0.3 is 0 Å². The van der Waals surface area contributed by atoms with Gasteiger partial charge in [0.25, 0.3) is 0 Å². The van der Waals surface area contributed by atoms with Gasteiger partial charge in [0.05, 0.1) is 34.0 Å². The van der Waals surface area contributed by atoms with Crippen LogP contribution < -0.4 is 18.9 Å². The first-order valence-electron chi connectivity index (χ1n) is 7.32. The number of hydrogen-bond donors (Lipinski definition) is 1. The first kappa shape index (κ1) is 15.9. The maximum absolute atomic E-state index is 10.0. The van der Waals surface area contributed by atoms with Crippen molar-refractivity contribution in [1.82, 2.24) is 4.57 Å². The Morgan fingerprint density at radius 3 is 2.08 bits per heavy atom. The van der Waals surface area contributed by atoms with Crippen LogP contribution in [0.15, 0.2) is 36.5 Å². The van der Waals surface area contributed by atoms with E-state index >= 15 is 0 Å². The molecule has 6 heteroatoms. The van der Waals surface area contributed by atoms with Gasteiger partial charge in [-0.25, -0.2) is 0 Å². The van der Waals surface area contributed by atoms with Crippen molar-refractivity contribution in [3.8, 4) is 34.4 Å². The Bertz CT molecular complexity index is 885. The predicted molar refractivity (Wildman–Crippen MR) is 91.1 cm³/mol. The van der Waals surface area contributed by atoms with Gasteiger partial charge in [0, 0.05) is 29.4 Å². The second-order valence-electron chi connectivity index (χ2n) is 5.12. The molecule has 0 bridgehead atoms. The molecule has 0 aliphatic carbocycles. The number of hydrogen-bond acceptors (Lipinski definition) is 5. The summed E-state index contributed by atoms with van der Waals surface area (Å²) in [6.45, 7) is 0. The first-order valence-corrected chi connectivity index (χ1v) is 7.32. The van der Waals surface area contributed by atoms with Gasteiger partial charge in [0.2, 0.25) is 5.75 Å². The molecule has 0 atom stereocenters. The van der Waals surface area contributed by atoms with Gasteiger partial charge in [0.15, 0.2) is 23.0 Å². The molecule has 0 saturated carbocycles. The third-order valence-electron chi connectivity index (χ3n) is 3.94. The fourth-order valence-corrected chi connectivity index (χ4v) is 2.81. The summed E-state index contributed by atoms with van der Waals surface area (Å²) in [5, 5.41) is 10.9. The minimum absolute atomic E-state index is 0.0734. The summed E-state index contributed by atoms with van der Waals surface area (Å²) in [6, 6.07) is 9.02. The van der Waals surface area contributed by atoms with E-state index in [0.717, 1.165) is 16.6 Å². The standard InChI is InChI=1S/C18H19NO5/c1-21-15-6-5-11(9-14(15)20)19-8-7-12-13(19)10-16(22-2)18(24-4)17(12)23-3/h5-10,20H,1-4H3. The fourth-order valence-electron chi connectivity index (χ4n) is 2.81. The van der Waals surface area contributed by atoms with Crippen LogP contribution in [0.1, 0.15) is 0 Å². The third kappa shape index (κ3) is 2.36. The van der Waals surface area contributed by atoms with Crippen LogP contribution in [-0.4, -0.2) is 38.1 Å². The SMILES string of the molecule is COc1ccc(-n2ccc3c(OC)c(OC)c(OC)cc32)cc1O. The summed E-state index contributed by atoms with van der Waals surface area (Å²) in [5.74, 6) is 2.21. The van der Waals surface area contributed by atoms with Crippen molar-refractivity contribution in [3.63, 3.8) is 0 Å². The maximum atomic E-state index is 10.0. The van der Waals surface area contributed by atoms with E-state index in [1.165, 1.54) is 7.11 Å². The summed E-state index contributed by atoms with van der Waals surface area (Å²) in [5.41, 5.74) is 1.66. The summed E-state index contributed by atoms with van der Waals surface area (Å²) in [7, 11) is 6.26. The van der Waals surface area contributed by atoms with Crippen LogP contribution in [-0.2, 0) is 0 Å². The molecule has 3 rings (SSSR count).